The van der Waals surface area contributed by atoms with E-state index in [-0.39, 0.29) is 6.99 Å². The summed E-state index contributed by atoms with van der Waals surface area (Å²) in [5.74, 6) is 1.42. The highest BCUT2D eigenvalue weighted by Crippen LogP contribution is 2.40. The van der Waals surface area contributed by atoms with Crippen molar-refractivity contribution in [2.75, 3.05) is 0 Å². The number of fused-ring (bicyclic) bond motifs is 1. The molecule has 100 valence electrons. The van der Waals surface area contributed by atoms with Crippen molar-refractivity contribution in [1.82, 2.24) is 15.2 Å². The average molecular weight is 249 g/mol. The number of pyridine rings is 1. The van der Waals surface area contributed by atoms with Crippen LogP contribution in [0.1, 0.15) is 53.1 Å². The van der Waals surface area contributed by atoms with E-state index in [0.717, 1.165) is 22.5 Å². The maximum Gasteiger partial charge on any atom is 0.259 e. The minimum absolute atomic E-state index is 0. The number of aromatic amines is 2. The lowest BCUT2D eigenvalue weighted by atomic mass is 10.2. The van der Waals surface area contributed by atoms with Gasteiger partial charge in [-0.15, -0.1) is 0 Å². The van der Waals surface area contributed by atoms with Crippen molar-refractivity contribution in [2.24, 2.45) is 5.92 Å². The first-order valence-corrected chi connectivity index (χ1v) is 6.69. The molecule has 1 fully saturated rings. The van der Waals surface area contributed by atoms with Gasteiger partial charge >= 0.3 is 0 Å². The van der Waals surface area contributed by atoms with Crippen LogP contribution in [0.4, 0.5) is 0 Å². The number of aromatic nitrogens is 3. The van der Waals surface area contributed by atoms with Crippen LogP contribution in [0.3, 0.4) is 0 Å². The third kappa shape index (κ3) is 2.81. The van der Waals surface area contributed by atoms with Crippen molar-refractivity contribution in [1.29, 1.82) is 0 Å². The molecule has 2 heterocycles. The normalized spacial score (nSPS) is 14.7. The van der Waals surface area contributed by atoms with E-state index in [1.54, 1.807) is 6.20 Å². The van der Waals surface area contributed by atoms with Crippen LogP contribution < -0.4 is 5.56 Å². The van der Waals surface area contributed by atoms with E-state index in [4.69, 9.17) is 0 Å². The Morgan fingerprint density at radius 1 is 1.50 bits per heavy atom. The van der Waals surface area contributed by atoms with Gasteiger partial charge in [-0.25, -0.2) is 0 Å². The number of H-pyrrole nitrogens is 2. The maximum absolute atomic E-state index is 11.5. The molecule has 18 heavy (non-hydrogen) atoms. The molecule has 0 atom stereocenters. The highest BCUT2D eigenvalue weighted by molar-refractivity contribution is 5.80. The van der Waals surface area contributed by atoms with Gasteiger partial charge in [0.2, 0.25) is 0 Å². The van der Waals surface area contributed by atoms with Gasteiger partial charge in [-0.1, -0.05) is 27.2 Å². The molecule has 0 aliphatic heterocycles. The van der Waals surface area contributed by atoms with Gasteiger partial charge in [-0.3, -0.25) is 9.89 Å². The fourth-order valence-corrected chi connectivity index (χ4v) is 1.67. The van der Waals surface area contributed by atoms with Gasteiger partial charge < -0.3 is 4.98 Å². The second-order valence-corrected chi connectivity index (χ2v) is 5.28. The van der Waals surface area contributed by atoms with E-state index in [2.05, 4.69) is 36.0 Å². The zero-order chi connectivity index (χ0) is 13.1. The van der Waals surface area contributed by atoms with Gasteiger partial charge in [-0.2, -0.15) is 5.10 Å². The summed E-state index contributed by atoms with van der Waals surface area (Å²) in [5.41, 5.74) is 1.75. The summed E-state index contributed by atoms with van der Waals surface area (Å²) in [6.45, 7) is 6.64. The van der Waals surface area contributed by atoms with Crippen molar-refractivity contribution >= 4 is 10.9 Å². The largest absolute Gasteiger partial charge is 0.328 e. The molecule has 1 aliphatic rings. The van der Waals surface area contributed by atoms with Crippen molar-refractivity contribution in [3.63, 3.8) is 0 Å². The molecule has 1 aliphatic carbocycles. The molecule has 2 aromatic heterocycles. The molecule has 2 N–H and O–H groups in total. The maximum atomic E-state index is 11.5. The molecule has 0 unspecified atom stereocenters. The predicted octanol–water partition coefficient (Wildman–Crippen LogP) is 3.43. The second kappa shape index (κ2) is 5.38. The third-order valence-corrected chi connectivity index (χ3v) is 3.31. The lowest BCUT2D eigenvalue weighted by Gasteiger charge is -1.90. The summed E-state index contributed by atoms with van der Waals surface area (Å²) in [6.07, 6.45) is 5.28. The highest BCUT2D eigenvalue weighted by Gasteiger charge is 2.28. The molecule has 0 spiro atoms. The lowest BCUT2D eigenvalue weighted by Crippen LogP contribution is -2.04. The first-order chi connectivity index (χ1) is 8.63. The monoisotopic (exact) mass is 249 g/mol. The summed E-state index contributed by atoms with van der Waals surface area (Å²) in [4.78, 5) is 14.1. The fraction of sp³-hybridized carbons (Fsp3) is 0.571. The highest BCUT2D eigenvalue weighted by atomic mass is 16.1. The van der Waals surface area contributed by atoms with Crippen LogP contribution >= 0.6 is 0 Å². The molecular weight excluding hydrogens is 226 g/mol. The molecule has 0 aromatic carbocycles. The molecule has 3 rings (SSSR count). The van der Waals surface area contributed by atoms with E-state index >= 15 is 0 Å². The zero-order valence-electron chi connectivity index (χ0n) is 11.3. The molecule has 0 amide bonds. The minimum atomic E-state index is -0.0341. The Bertz CT molecular complexity index is 569. The van der Waals surface area contributed by atoms with Gasteiger partial charge in [0.25, 0.3) is 5.56 Å². The lowest BCUT2D eigenvalue weighted by molar-refractivity contribution is 0.626. The van der Waals surface area contributed by atoms with Crippen LogP contribution in [-0.2, 0) is 0 Å². The van der Waals surface area contributed by atoms with Gasteiger partial charge in [0.15, 0.2) is 0 Å². The fourth-order valence-electron chi connectivity index (χ4n) is 1.67. The van der Waals surface area contributed by atoms with Gasteiger partial charge in [-0.05, 0) is 24.8 Å². The van der Waals surface area contributed by atoms with Crippen molar-refractivity contribution in [2.45, 2.75) is 46.0 Å². The van der Waals surface area contributed by atoms with E-state index in [1.807, 2.05) is 6.07 Å². The number of hydrogen-bond acceptors (Lipinski definition) is 2. The van der Waals surface area contributed by atoms with Crippen LogP contribution in [0.15, 0.2) is 17.1 Å². The van der Waals surface area contributed by atoms with Crippen LogP contribution in [-0.4, -0.2) is 15.2 Å². The van der Waals surface area contributed by atoms with Crippen molar-refractivity contribution < 1.29 is 1.43 Å². The van der Waals surface area contributed by atoms with E-state index in [1.165, 1.54) is 19.3 Å². The number of nitrogens with zero attached hydrogens (tertiary/aromatic N) is 1. The van der Waals surface area contributed by atoms with Crippen LogP contribution in [0.2, 0.25) is 0 Å². The first-order valence-electron chi connectivity index (χ1n) is 6.69. The summed E-state index contributed by atoms with van der Waals surface area (Å²) in [7, 11) is 0. The summed E-state index contributed by atoms with van der Waals surface area (Å²) in [6, 6.07) is 1.82. The molecular formula is C14H23N3O. The van der Waals surface area contributed by atoms with E-state index < -0.39 is 0 Å². The summed E-state index contributed by atoms with van der Waals surface area (Å²) < 4.78 is 0. The Balaban J connectivity index is 0.000000265. The molecule has 1 saturated carbocycles. The quantitative estimate of drug-likeness (QED) is 0.856. The third-order valence-electron chi connectivity index (χ3n) is 3.31. The first kappa shape index (κ1) is 12.9. The summed E-state index contributed by atoms with van der Waals surface area (Å²) >= 11 is 0. The molecule has 2 aromatic rings. The molecule has 0 bridgehead atoms. The van der Waals surface area contributed by atoms with Crippen LogP contribution in [0.5, 0.6) is 0 Å². The SMILES string of the molecule is CCC(C)C.O=c1[nH]ccc2n[nH]c(C3CC3)c12.[HH]. The van der Waals surface area contributed by atoms with Crippen LogP contribution in [0, 0.1) is 5.92 Å². The number of nitrogens with one attached hydrogen (secondary N) is 2. The number of rotatable bonds is 2. The Labute approximate surface area is 108 Å². The smallest absolute Gasteiger partial charge is 0.259 e. The van der Waals surface area contributed by atoms with Gasteiger partial charge in [0, 0.05) is 13.5 Å². The Hall–Kier alpha value is -1.58. The van der Waals surface area contributed by atoms with Crippen molar-refractivity contribution in [3.8, 4) is 0 Å². The number of hydrogen-bond donors (Lipinski definition) is 2. The Morgan fingerprint density at radius 2 is 2.17 bits per heavy atom. The van der Waals surface area contributed by atoms with Crippen molar-refractivity contribution in [3.05, 3.63) is 28.3 Å². The minimum Gasteiger partial charge on any atom is -0.328 e. The summed E-state index contributed by atoms with van der Waals surface area (Å²) in [5, 5.41) is 7.78. The standard InChI is InChI=1S/C9H9N3O.C5H12.H2/c13-9-7-6(3-4-10-9)11-12-8(7)5-1-2-5;1-4-5(2)3;/h3-5H,1-2H2,(H,10,13)(H,11,12);5H,4H2,1-3H3;1H. The average Bonchev–Trinajstić information content (AvgIpc) is 3.10. The topological polar surface area (TPSA) is 61.5 Å². The second-order valence-electron chi connectivity index (χ2n) is 5.28. The molecule has 4 heteroatoms. The van der Waals surface area contributed by atoms with Gasteiger partial charge in [0.1, 0.15) is 0 Å². The molecule has 4 nitrogen and oxygen atoms in total. The van der Waals surface area contributed by atoms with E-state index in [0.29, 0.717) is 5.92 Å². The zero-order valence-corrected chi connectivity index (χ0v) is 11.3. The van der Waals surface area contributed by atoms with E-state index in [9.17, 15) is 4.79 Å². The van der Waals surface area contributed by atoms with Crippen LogP contribution in [0.25, 0.3) is 10.9 Å². The van der Waals surface area contributed by atoms with Gasteiger partial charge in [0.05, 0.1) is 16.6 Å². The molecule has 0 saturated heterocycles. The molecule has 0 radical (unpaired) electrons. The Kier molecular flexibility index (Phi) is 3.84. The Morgan fingerprint density at radius 3 is 2.72 bits per heavy atom. The predicted molar refractivity (Wildman–Crippen MR) is 75.9 cm³/mol.